The molecule has 0 aliphatic heterocycles. The molecule has 0 amide bonds. The first-order chi connectivity index (χ1) is 10.2. The van der Waals surface area contributed by atoms with E-state index in [1.807, 2.05) is 31.2 Å². The third-order valence-corrected chi connectivity index (χ3v) is 3.55. The second kappa shape index (κ2) is 9.90. The van der Waals surface area contributed by atoms with Crippen molar-refractivity contribution in [3.63, 3.8) is 0 Å². The molecule has 1 aromatic carbocycles. The molecule has 0 saturated carbocycles. The van der Waals surface area contributed by atoms with Gasteiger partial charge in [-0.3, -0.25) is 0 Å². The minimum absolute atomic E-state index is 0.0798. The van der Waals surface area contributed by atoms with E-state index in [0.717, 1.165) is 24.0 Å². The molecule has 0 bridgehead atoms. The smallest absolute Gasteiger partial charge is 0.113 e. The standard InChI is InChI=1S/C17H28O4/c1-3-5-10-17(19,14-21-12-11-20-4-2)16-9-7-6-8-15(16)13-18/h6-9,18-19H,3-5,10-14H2,1-2H3. The molecule has 1 rings (SSSR count). The Kier molecular flexibility index (Phi) is 8.54. The van der Waals surface area contributed by atoms with Crippen molar-refractivity contribution in [1.29, 1.82) is 0 Å². The van der Waals surface area contributed by atoms with Gasteiger partial charge in [-0.05, 0) is 24.5 Å². The Labute approximate surface area is 127 Å². The number of hydrogen-bond donors (Lipinski definition) is 2. The van der Waals surface area contributed by atoms with Crippen LogP contribution in [0.4, 0.5) is 0 Å². The molecule has 0 spiro atoms. The monoisotopic (exact) mass is 296 g/mol. The number of aliphatic hydroxyl groups excluding tert-OH is 1. The molecule has 0 heterocycles. The number of unbranched alkanes of at least 4 members (excludes halogenated alkanes) is 1. The summed E-state index contributed by atoms with van der Waals surface area (Å²) in [6, 6.07) is 7.45. The van der Waals surface area contributed by atoms with Crippen molar-refractivity contribution in [3.8, 4) is 0 Å². The van der Waals surface area contributed by atoms with Gasteiger partial charge >= 0.3 is 0 Å². The SMILES string of the molecule is CCCCC(O)(COCCOCC)c1ccccc1CO. The van der Waals surface area contributed by atoms with E-state index in [4.69, 9.17) is 9.47 Å². The van der Waals surface area contributed by atoms with E-state index < -0.39 is 5.60 Å². The lowest BCUT2D eigenvalue weighted by molar-refractivity contribution is -0.0687. The maximum Gasteiger partial charge on any atom is 0.113 e. The molecule has 0 radical (unpaired) electrons. The largest absolute Gasteiger partial charge is 0.392 e. The molecule has 0 aliphatic carbocycles. The van der Waals surface area contributed by atoms with Gasteiger partial charge < -0.3 is 19.7 Å². The molecule has 0 saturated heterocycles. The van der Waals surface area contributed by atoms with Crippen molar-refractivity contribution in [3.05, 3.63) is 35.4 Å². The number of benzene rings is 1. The zero-order valence-electron chi connectivity index (χ0n) is 13.2. The van der Waals surface area contributed by atoms with Crippen LogP contribution in [-0.2, 0) is 21.7 Å². The van der Waals surface area contributed by atoms with Gasteiger partial charge in [0.05, 0.1) is 26.4 Å². The van der Waals surface area contributed by atoms with Crippen molar-refractivity contribution in [1.82, 2.24) is 0 Å². The first kappa shape index (κ1) is 18.1. The van der Waals surface area contributed by atoms with Crippen LogP contribution in [0, 0.1) is 0 Å². The Hall–Kier alpha value is -0.940. The van der Waals surface area contributed by atoms with Crippen LogP contribution >= 0.6 is 0 Å². The summed E-state index contributed by atoms with van der Waals surface area (Å²) in [4.78, 5) is 0. The highest BCUT2D eigenvalue weighted by atomic mass is 16.5. The quantitative estimate of drug-likeness (QED) is 0.616. The third kappa shape index (κ3) is 5.75. The van der Waals surface area contributed by atoms with E-state index in [9.17, 15) is 10.2 Å². The van der Waals surface area contributed by atoms with Crippen molar-refractivity contribution in [2.45, 2.75) is 45.3 Å². The van der Waals surface area contributed by atoms with Crippen LogP contribution in [0.25, 0.3) is 0 Å². The maximum atomic E-state index is 11.0. The molecule has 0 aromatic heterocycles. The molecule has 2 N–H and O–H groups in total. The van der Waals surface area contributed by atoms with E-state index in [0.29, 0.717) is 26.2 Å². The summed E-state index contributed by atoms with van der Waals surface area (Å²) < 4.78 is 10.8. The average Bonchev–Trinajstić information content (AvgIpc) is 2.52. The summed E-state index contributed by atoms with van der Waals surface area (Å²) in [6.45, 7) is 5.83. The lowest BCUT2D eigenvalue weighted by Gasteiger charge is -2.30. The molecule has 120 valence electrons. The van der Waals surface area contributed by atoms with Gasteiger partial charge in [0.1, 0.15) is 5.60 Å². The van der Waals surface area contributed by atoms with E-state index in [1.54, 1.807) is 0 Å². The fourth-order valence-corrected chi connectivity index (χ4v) is 2.37. The Morgan fingerprint density at radius 1 is 1.10 bits per heavy atom. The van der Waals surface area contributed by atoms with Gasteiger partial charge in [-0.25, -0.2) is 0 Å². The van der Waals surface area contributed by atoms with Gasteiger partial charge in [-0.2, -0.15) is 0 Å². The Balaban J connectivity index is 2.76. The molecule has 4 nitrogen and oxygen atoms in total. The summed E-state index contributed by atoms with van der Waals surface area (Å²) in [7, 11) is 0. The normalized spacial score (nSPS) is 14.1. The van der Waals surface area contributed by atoms with Crippen molar-refractivity contribution in [2.24, 2.45) is 0 Å². The van der Waals surface area contributed by atoms with Crippen molar-refractivity contribution in [2.75, 3.05) is 26.4 Å². The maximum absolute atomic E-state index is 11.0. The summed E-state index contributed by atoms with van der Waals surface area (Å²) >= 11 is 0. The minimum Gasteiger partial charge on any atom is -0.392 e. The Bertz CT molecular complexity index is 394. The van der Waals surface area contributed by atoms with Crippen LogP contribution in [0.2, 0.25) is 0 Å². The second-order valence-corrected chi connectivity index (χ2v) is 5.20. The predicted molar refractivity (Wildman–Crippen MR) is 83.1 cm³/mol. The van der Waals surface area contributed by atoms with Gasteiger partial charge in [-0.15, -0.1) is 0 Å². The number of rotatable bonds is 11. The van der Waals surface area contributed by atoms with Crippen molar-refractivity contribution >= 4 is 0 Å². The predicted octanol–water partition coefficient (Wildman–Crippen LogP) is 2.61. The van der Waals surface area contributed by atoms with E-state index in [1.165, 1.54) is 0 Å². The van der Waals surface area contributed by atoms with Crippen molar-refractivity contribution < 1.29 is 19.7 Å². The number of ether oxygens (including phenoxy) is 2. The van der Waals surface area contributed by atoms with Crippen LogP contribution in [-0.4, -0.2) is 36.6 Å². The van der Waals surface area contributed by atoms with Crippen LogP contribution in [0.15, 0.2) is 24.3 Å². The van der Waals surface area contributed by atoms with Gasteiger partial charge in [0, 0.05) is 6.61 Å². The highest BCUT2D eigenvalue weighted by molar-refractivity contribution is 5.32. The van der Waals surface area contributed by atoms with E-state index in [-0.39, 0.29) is 13.2 Å². The fraction of sp³-hybridized carbons (Fsp3) is 0.647. The van der Waals surface area contributed by atoms with Crippen LogP contribution in [0.1, 0.15) is 44.2 Å². The lowest BCUT2D eigenvalue weighted by atomic mass is 9.86. The number of aliphatic hydroxyl groups is 2. The summed E-state index contributed by atoms with van der Waals surface area (Å²) in [5.74, 6) is 0. The topological polar surface area (TPSA) is 58.9 Å². The molecule has 21 heavy (non-hydrogen) atoms. The summed E-state index contributed by atoms with van der Waals surface area (Å²) in [6.07, 6.45) is 2.53. The number of hydrogen-bond acceptors (Lipinski definition) is 4. The van der Waals surface area contributed by atoms with Gasteiger partial charge in [0.2, 0.25) is 0 Å². The second-order valence-electron chi connectivity index (χ2n) is 5.20. The fourth-order valence-electron chi connectivity index (χ4n) is 2.37. The Morgan fingerprint density at radius 3 is 2.48 bits per heavy atom. The van der Waals surface area contributed by atoms with E-state index >= 15 is 0 Å². The molecule has 1 aromatic rings. The molecule has 4 heteroatoms. The van der Waals surface area contributed by atoms with E-state index in [2.05, 4.69) is 6.92 Å². The van der Waals surface area contributed by atoms with Crippen LogP contribution in [0.3, 0.4) is 0 Å². The lowest BCUT2D eigenvalue weighted by Crippen LogP contribution is -2.33. The van der Waals surface area contributed by atoms with Gasteiger partial charge in [0.25, 0.3) is 0 Å². The summed E-state index contributed by atoms with van der Waals surface area (Å²) in [5, 5.41) is 20.5. The molecule has 1 unspecified atom stereocenters. The average molecular weight is 296 g/mol. The first-order valence-electron chi connectivity index (χ1n) is 7.75. The van der Waals surface area contributed by atoms with Gasteiger partial charge in [-0.1, -0.05) is 44.0 Å². The molecule has 0 aliphatic rings. The van der Waals surface area contributed by atoms with Crippen LogP contribution < -0.4 is 0 Å². The highest BCUT2D eigenvalue weighted by Crippen LogP contribution is 2.30. The Morgan fingerprint density at radius 2 is 1.81 bits per heavy atom. The first-order valence-corrected chi connectivity index (χ1v) is 7.75. The summed E-state index contributed by atoms with van der Waals surface area (Å²) in [5.41, 5.74) is 0.462. The zero-order valence-corrected chi connectivity index (χ0v) is 13.2. The molecular weight excluding hydrogens is 268 g/mol. The van der Waals surface area contributed by atoms with Gasteiger partial charge in [0.15, 0.2) is 0 Å². The molecular formula is C17H28O4. The molecule has 1 atom stereocenters. The molecule has 0 fully saturated rings. The van der Waals surface area contributed by atoms with Crippen LogP contribution in [0.5, 0.6) is 0 Å². The highest BCUT2D eigenvalue weighted by Gasteiger charge is 2.31. The zero-order chi connectivity index (χ0) is 15.6. The minimum atomic E-state index is -1.05. The third-order valence-electron chi connectivity index (χ3n) is 3.55.